The van der Waals surface area contributed by atoms with Gasteiger partial charge in [0.2, 0.25) is 0 Å². The molecular weight excluding hydrogens is 246 g/mol. The molecule has 106 valence electrons. The standard InChI is InChI=1S/C14H21NO4/c1-18-14-9-11(12(16)10-13(14)17)3-2-4-15-5-7-19-8-6-15/h9-10,16-17H,2-8H2,1H3. The van der Waals surface area contributed by atoms with Crippen LogP contribution in [0.15, 0.2) is 12.1 Å². The Morgan fingerprint density at radius 1 is 1.21 bits per heavy atom. The molecule has 1 aromatic rings. The molecule has 2 N–H and O–H groups in total. The molecule has 5 nitrogen and oxygen atoms in total. The van der Waals surface area contributed by atoms with Crippen molar-refractivity contribution in [3.05, 3.63) is 17.7 Å². The summed E-state index contributed by atoms with van der Waals surface area (Å²) in [5.41, 5.74) is 0.808. The Balaban J connectivity index is 1.88. The van der Waals surface area contributed by atoms with Gasteiger partial charge in [0.15, 0.2) is 11.5 Å². The van der Waals surface area contributed by atoms with Crippen molar-refractivity contribution in [3.63, 3.8) is 0 Å². The molecule has 1 heterocycles. The van der Waals surface area contributed by atoms with Crippen molar-refractivity contribution in [1.82, 2.24) is 4.90 Å². The van der Waals surface area contributed by atoms with Crippen LogP contribution in [0.2, 0.25) is 0 Å². The van der Waals surface area contributed by atoms with Crippen molar-refractivity contribution in [2.45, 2.75) is 12.8 Å². The quantitative estimate of drug-likeness (QED) is 0.843. The molecule has 0 atom stereocenters. The van der Waals surface area contributed by atoms with Crippen LogP contribution < -0.4 is 4.74 Å². The number of benzene rings is 1. The van der Waals surface area contributed by atoms with E-state index in [-0.39, 0.29) is 11.5 Å². The lowest BCUT2D eigenvalue weighted by atomic mass is 10.1. The summed E-state index contributed by atoms with van der Waals surface area (Å²) >= 11 is 0. The van der Waals surface area contributed by atoms with Crippen LogP contribution in [0.1, 0.15) is 12.0 Å². The largest absolute Gasteiger partial charge is 0.508 e. The Morgan fingerprint density at radius 3 is 2.63 bits per heavy atom. The summed E-state index contributed by atoms with van der Waals surface area (Å²) in [4.78, 5) is 2.36. The van der Waals surface area contributed by atoms with Gasteiger partial charge in [0.25, 0.3) is 0 Å². The molecule has 19 heavy (non-hydrogen) atoms. The van der Waals surface area contributed by atoms with Gasteiger partial charge < -0.3 is 19.7 Å². The van der Waals surface area contributed by atoms with Crippen molar-refractivity contribution >= 4 is 0 Å². The summed E-state index contributed by atoms with van der Waals surface area (Å²) < 4.78 is 10.3. The average Bonchev–Trinajstić information content (AvgIpc) is 2.42. The third-order valence-corrected chi connectivity index (χ3v) is 3.40. The Hall–Kier alpha value is -1.46. The Bertz CT molecular complexity index is 416. The number of morpholine rings is 1. The summed E-state index contributed by atoms with van der Waals surface area (Å²) in [5, 5.41) is 19.3. The summed E-state index contributed by atoms with van der Waals surface area (Å²) in [5.74, 6) is 0.497. The van der Waals surface area contributed by atoms with Gasteiger partial charge >= 0.3 is 0 Å². The van der Waals surface area contributed by atoms with E-state index in [1.54, 1.807) is 6.07 Å². The van der Waals surface area contributed by atoms with Crippen molar-refractivity contribution in [2.75, 3.05) is 40.0 Å². The first-order valence-corrected chi connectivity index (χ1v) is 6.59. The number of aryl methyl sites for hydroxylation is 1. The van der Waals surface area contributed by atoms with Crippen LogP contribution in [0.4, 0.5) is 0 Å². The number of hydrogen-bond donors (Lipinski definition) is 2. The predicted molar refractivity (Wildman–Crippen MR) is 71.9 cm³/mol. The van der Waals surface area contributed by atoms with Gasteiger partial charge in [-0.2, -0.15) is 0 Å². The van der Waals surface area contributed by atoms with Gasteiger partial charge in [-0.05, 0) is 31.0 Å². The summed E-state index contributed by atoms with van der Waals surface area (Å²) in [6.07, 6.45) is 1.72. The number of phenolic OH excluding ortho intramolecular Hbond substituents is 2. The minimum absolute atomic E-state index is 0.0306. The van der Waals surface area contributed by atoms with E-state index >= 15 is 0 Å². The lowest BCUT2D eigenvalue weighted by Gasteiger charge is -2.26. The van der Waals surface area contributed by atoms with E-state index in [1.807, 2.05) is 0 Å². The first-order chi connectivity index (χ1) is 9.20. The van der Waals surface area contributed by atoms with Gasteiger partial charge in [0.05, 0.1) is 20.3 Å². The van der Waals surface area contributed by atoms with Crippen molar-refractivity contribution in [2.24, 2.45) is 0 Å². The molecule has 5 heteroatoms. The number of methoxy groups -OCH3 is 1. The van der Waals surface area contributed by atoms with E-state index in [2.05, 4.69) is 4.90 Å². The summed E-state index contributed by atoms with van der Waals surface area (Å²) in [7, 11) is 1.50. The molecule has 0 radical (unpaired) electrons. The number of rotatable bonds is 5. The monoisotopic (exact) mass is 267 g/mol. The molecule has 1 aliphatic rings. The number of hydrogen-bond acceptors (Lipinski definition) is 5. The minimum atomic E-state index is -0.0306. The molecule has 0 aliphatic carbocycles. The van der Waals surface area contributed by atoms with Crippen LogP contribution in [0.25, 0.3) is 0 Å². The van der Waals surface area contributed by atoms with E-state index in [1.165, 1.54) is 13.2 Å². The fraction of sp³-hybridized carbons (Fsp3) is 0.571. The predicted octanol–water partition coefficient (Wildman–Crippen LogP) is 1.37. The highest BCUT2D eigenvalue weighted by molar-refractivity contribution is 5.49. The third-order valence-electron chi connectivity index (χ3n) is 3.40. The van der Waals surface area contributed by atoms with Crippen LogP contribution >= 0.6 is 0 Å². The fourth-order valence-electron chi connectivity index (χ4n) is 2.28. The highest BCUT2D eigenvalue weighted by Crippen LogP contribution is 2.33. The van der Waals surface area contributed by atoms with E-state index < -0.39 is 0 Å². The number of phenols is 2. The van der Waals surface area contributed by atoms with E-state index in [0.29, 0.717) is 5.75 Å². The van der Waals surface area contributed by atoms with Crippen molar-refractivity contribution in [3.8, 4) is 17.2 Å². The highest BCUT2D eigenvalue weighted by Gasteiger charge is 2.12. The second-order valence-electron chi connectivity index (χ2n) is 4.71. The maximum absolute atomic E-state index is 9.80. The van der Waals surface area contributed by atoms with Gasteiger partial charge in [-0.1, -0.05) is 0 Å². The molecule has 1 aliphatic heterocycles. The molecule has 2 rings (SSSR count). The molecule has 0 spiro atoms. The molecule has 0 bridgehead atoms. The van der Waals surface area contributed by atoms with Gasteiger partial charge in [-0.15, -0.1) is 0 Å². The molecular formula is C14H21NO4. The van der Waals surface area contributed by atoms with Gasteiger partial charge in [-0.25, -0.2) is 0 Å². The maximum Gasteiger partial charge on any atom is 0.161 e. The second kappa shape index (κ2) is 6.63. The maximum atomic E-state index is 9.80. The Labute approximate surface area is 113 Å². The zero-order chi connectivity index (χ0) is 13.7. The summed E-state index contributed by atoms with van der Waals surface area (Å²) in [6.45, 7) is 4.55. The molecule has 1 aromatic carbocycles. The fourth-order valence-corrected chi connectivity index (χ4v) is 2.28. The van der Waals surface area contributed by atoms with Crippen LogP contribution in [0.5, 0.6) is 17.2 Å². The molecule has 0 aromatic heterocycles. The normalized spacial score (nSPS) is 16.5. The molecule has 1 fully saturated rings. The first kappa shape index (κ1) is 14.0. The van der Waals surface area contributed by atoms with E-state index in [4.69, 9.17) is 9.47 Å². The zero-order valence-electron chi connectivity index (χ0n) is 11.3. The Kier molecular flexibility index (Phi) is 4.87. The Morgan fingerprint density at radius 2 is 1.95 bits per heavy atom. The summed E-state index contributed by atoms with van der Waals surface area (Å²) in [6, 6.07) is 3.03. The molecule has 0 unspecified atom stereocenters. The second-order valence-corrected chi connectivity index (χ2v) is 4.71. The van der Waals surface area contributed by atoms with Crippen molar-refractivity contribution in [1.29, 1.82) is 0 Å². The lowest BCUT2D eigenvalue weighted by molar-refractivity contribution is 0.0374. The minimum Gasteiger partial charge on any atom is -0.508 e. The molecule has 0 amide bonds. The third kappa shape index (κ3) is 3.75. The van der Waals surface area contributed by atoms with Gasteiger partial charge in [-0.3, -0.25) is 4.90 Å². The van der Waals surface area contributed by atoms with Gasteiger partial charge in [0, 0.05) is 19.2 Å². The number of ether oxygens (including phenoxy) is 2. The van der Waals surface area contributed by atoms with Crippen LogP contribution in [-0.4, -0.2) is 55.1 Å². The smallest absolute Gasteiger partial charge is 0.161 e. The highest BCUT2D eigenvalue weighted by atomic mass is 16.5. The SMILES string of the molecule is COc1cc(CCCN2CCOCC2)c(O)cc1O. The van der Waals surface area contributed by atoms with Crippen LogP contribution in [0, 0.1) is 0 Å². The molecule has 1 saturated heterocycles. The number of aromatic hydroxyl groups is 2. The van der Waals surface area contributed by atoms with Crippen LogP contribution in [0.3, 0.4) is 0 Å². The van der Waals surface area contributed by atoms with E-state index in [0.717, 1.165) is 51.3 Å². The average molecular weight is 267 g/mol. The van der Waals surface area contributed by atoms with Crippen molar-refractivity contribution < 1.29 is 19.7 Å². The first-order valence-electron chi connectivity index (χ1n) is 6.59. The topological polar surface area (TPSA) is 62.2 Å². The number of nitrogens with zero attached hydrogens (tertiary/aromatic N) is 1. The van der Waals surface area contributed by atoms with Crippen LogP contribution in [-0.2, 0) is 11.2 Å². The lowest BCUT2D eigenvalue weighted by Crippen LogP contribution is -2.36. The molecule has 0 saturated carbocycles. The van der Waals surface area contributed by atoms with E-state index in [9.17, 15) is 10.2 Å². The van der Waals surface area contributed by atoms with Gasteiger partial charge in [0.1, 0.15) is 5.75 Å². The zero-order valence-corrected chi connectivity index (χ0v) is 11.3.